The van der Waals surface area contributed by atoms with Crippen molar-refractivity contribution < 1.29 is 0 Å². The Morgan fingerprint density at radius 3 is 2.12 bits per heavy atom. The molecule has 0 aromatic rings. The minimum absolute atomic E-state index is 0.457. The molecule has 0 radical (unpaired) electrons. The van der Waals surface area contributed by atoms with Crippen LogP contribution in [0, 0.1) is 29.6 Å². The molecule has 0 spiro atoms. The molecule has 2 fully saturated rings. The normalized spacial score (nSPS) is 45.0. The second-order valence-corrected chi connectivity index (χ2v) is 6.60. The number of hydrogen-bond acceptors (Lipinski definition) is 2. The molecular weight excluding hydrogens is 196 g/mol. The summed E-state index contributed by atoms with van der Waals surface area (Å²) in [6.45, 7) is 6.97. The van der Waals surface area contributed by atoms with Crippen molar-refractivity contribution in [2.45, 2.75) is 58.5 Å². The van der Waals surface area contributed by atoms with E-state index < -0.39 is 0 Å². The van der Waals surface area contributed by atoms with Crippen molar-refractivity contribution in [2.75, 3.05) is 0 Å². The number of nitrogens with two attached hydrogens (primary N) is 2. The van der Waals surface area contributed by atoms with Gasteiger partial charge in [0, 0.05) is 12.1 Å². The molecule has 2 heteroatoms. The minimum atomic E-state index is 0.457. The second kappa shape index (κ2) is 4.66. The predicted octanol–water partition coefficient (Wildman–Crippen LogP) is 2.37. The summed E-state index contributed by atoms with van der Waals surface area (Å²) in [5.74, 6) is 3.87. The Hall–Kier alpha value is -0.0800. The van der Waals surface area contributed by atoms with Gasteiger partial charge in [0.2, 0.25) is 0 Å². The van der Waals surface area contributed by atoms with E-state index in [-0.39, 0.29) is 0 Å². The lowest BCUT2D eigenvalue weighted by molar-refractivity contribution is 0.0567. The Labute approximate surface area is 100 Å². The lowest BCUT2D eigenvalue weighted by atomic mass is 9.60. The Kier molecular flexibility index (Phi) is 3.60. The van der Waals surface area contributed by atoms with Gasteiger partial charge in [0.15, 0.2) is 0 Å². The first-order chi connectivity index (χ1) is 7.50. The lowest BCUT2D eigenvalue weighted by Crippen LogP contribution is -2.52. The summed E-state index contributed by atoms with van der Waals surface area (Å²) < 4.78 is 0. The maximum absolute atomic E-state index is 6.28. The van der Waals surface area contributed by atoms with Crippen LogP contribution < -0.4 is 11.5 Å². The van der Waals surface area contributed by atoms with Crippen molar-refractivity contribution in [3.05, 3.63) is 0 Å². The van der Waals surface area contributed by atoms with Gasteiger partial charge in [-0.15, -0.1) is 0 Å². The Morgan fingerprint density at radius 2 is 1.75 bits per heavy atom. The zero-order valence-electron chi connectivity index (χ0n) is 11.0. The summed E-state index contributed by atoms with van der Waals surface area (Å²) in [6, 6.07) is 0.936. The van der Waals surface area contributed by atoms with Gasteiger partial charge in [-0.1, -0.05) is 20.8 Å². The number of rotatable bonds is 4. The van der Waals surface area contributed by atoms with Crippen molar-refractivity contribution in [1.29, 1.82) is 0 Å². The van der Waals surface area contributed by atoms with Gasteiger partial charge < -0.3 is 11.5 Å². The fraction of sp³-hybridized carbons (Fsp3) is 1.00. The van der Waals surface area contributed by atoms with Gasteiger partial charge >= 0.3 is 0 Å². The van der Waals surface area contributed by atoms with Crippen LogP contribution in [0.25, 0.3) is 0 Å². The largest absolute Gasteiger partial charge is 0.327 e. The highest BCUT2D eigenvalue weighted by Crippen LogP contribution is 2.44. The Bertz CT molecular complexity index is 239. The fourth-order valence-electron chi connectivity index (χ4n) is 3.70. The van der Waals surface area contributed by atoms with Crippen molar-refractivity contribution in [2.24, 2.45) is 41.1 Å². The molecule has 2 aliphatic carbocycles. The van der Waals surface area contributed by atoms with E-state index in [9.17, 15) is 0 Å². The summed E-state index contributed by atoms with van der Waals surface area (Å²) in [5.41, 5.74) is 12.3. The van der Waals surface area contributed by atoms with Gasteiger partial charge in [-0.2, -0.15) is 0 Å². The van der Waals surface area contributed by atoms with E-state index >= 15 is 0 Å². The molecule has 6 atom stereocenters. The summed E-state index contributed by atoms with van der Waals surface area (Å²) in [6.07, 6.45) is 5.24. The lowest BCUT2D eigenvalue weighted by Gasteiger charge is -2.48. The molecule has 0 aromatic carbocycles. The molecule has 94 valence electrons. The van der Waals surface area contributed by atoms with E-state index in [0.717, 1.165) is 29.6 Å². The Morgan fingerprint density at radius 1 is 1.06 bits per heavy atom. The molecular formula is C14H28N2. The third kappa shape index (κ3) is 2.14. The maximum Gasteiger partial charge on any atom is 0.00984 e. The smallest absolute Gasteiger partial charge is 0.00984 e. The molecule has 0 aliphatic heterocycles. The van der Waals surface area contributed by atoms with Crippen molar-refractivity contribution in [3.8, 4) is 0 Å². The predicted molar refractivity (Wildman–Crippen MR) is 68.9 cm³/mol. The van der Waals surface area contributed by atoms with E-state index in [1.165, 1.54) is 25.7 Å². The van der Waals surface area contributed by atoms with E-state index in [2.05, 4.69) is 20.8 Å². The van der Waals surface area contributed by atoms with Gasteiger partial charge in [-0.3, -0.25) is 0 Å². The highest BCUT2D eigenvalue weighted by Gasteiger charge is 2.42. The third-order valence-electron chi connectivity index (χ3n) is 5.26. The van der Waals surface area contributed by atoms with E-state index in [1.807, 2.05) is 0 Å². The van der Waals surface area contributed by atoms with Gasteiger partial charge in [-0.25, -0.2) is 0 Å². The summed E-state index contributed by atoms with van der Waals surface area (Å²) in [4.78, 5) is 0. The molecule has 16 heavy (non-hydrogen) atoms. The van der Waals surface area contributed by atoms with Crippen LogP contribution in [0.4, 0.5) is 0 Å². The first-order valence-electron chi connectivity index (χ1n) is 7.01. The topological polar surface area (TPSA) is 52.0 Å². The molecule has 0 heterocycles. The van der Waals surface area contributed by atoms with Crippen molar-refractivity contribution in [3.63, 3.8) is 0 Å². The van der Waals surface area contributed by atoms with Crippen LogP contribution in [-0.2, 0) is 0 Å². The standard InChI is InChI=1S/C14H28N2/c1-8(2)12-7-10(14(12)16)6-9(3)11-4-5-13(11)15/h8-14H,4-7,15-16H2,1-3H3/t9?,10?,11-,12?,13-,14?/m0/s1. The van der Waals surface area contributed by atoms with Gasteiger partial charge in [0.25, 0.3) is 0 Å². The van der Waals surface area contributed by atoms with E-state index in [1.54, 1.807) is 0 Å². The molecule has 0 aromatic heterocycles. The molecule has 2 rings (SSSR count). The average molecular weight is 224 g/mol. The van der Waals surface area contributed by atoms with Crippen molar-refractivity contribution in [1.82, 2.24) is 0 Å². The fourth-order valence-corrected chi connectivity index (χ4v) is 3.70. The van der Waals surface area contributed by atoms with Crippen molar-refractivity contribution >= 4 is 0 Å². The zero-order chi connectivity index (χ0) is 11.9. The minimum Gasteiger partial charge on any atom is -0.327 e. The van der Waals surface area contributed by atoms with E-state index in [4.69, 9.17) is 11.5 Å². The van der Waals surface area contributed by atoms with E-state index in [0.29, 0.717) is 12.1 Å². The molecule has 2 nitrogen and oxygen atoms in total. The first kappa shape index (κ1) is 12.4. The van der Waals surface area contributed by atoms with Crippen LogP contribution in [0.5, 0.6) is 0 Å². The highest BCUT2D eigenvalue weighted by molar-refractivity contribution is 4.96. The Balaban J connectivity index is 1.75. The van der Waals surface area contributed by atoms with Gasteiger partial charge in [-0.05, 0) is 55.3 Å². The van der Waals surface area contributed by atoms with Crippen LogP contribution in [-0.4, -0.2) is 12.1 Å². The first-order valence-corrected chi connectivity index (χ1v) is 7.01. The molecule has 0 amide bonds. The van der Waals surface area contributed by atoms with Crippen LogP contribution in [0.15, 0.2) is 0 Å². The van der Waals surface area contributed by atoms with Crippen LogP contribution in [0.2, 0.25) is 0 Å². The molecule has 4 N–H and O–H groups in total. The quantitative estimate of drug-likeness (QED) is 0.770. The molecule has 4 unspecified atom stereocenters. The molecule has 0 saturated heterocycles. The zero-order valence-corrected chi connectivity index (χ0v) is 11.0. The second-order valence-electron chi connectivity index (χ2n) is 6.60. The number of hydrogen-bond donors (Lipinski definition) is 2. The summed E-state index contributed by atoms with van der Waals surface area (Å²) >= 11 is 0. The SMILES string of the molecule is CC(C)C1CC(CC(C)[C@@H]2CC[C@@H]2N)C1N. The monoisotopic (exact) mass is 224 g/mol. The summed E-state index contributed by atoms with van der Waals surface area (Å²) in [5, 5.41) is 0. The van der Waals surface area contributed by atoms with Crippen LogP contribution in [0.1, 0.15) is 46.5 Å². The van der Waals surface area contributed by atoms with Crippen LogP contribution in [0.3, 0.4) is 0 Å². The van der Waals surface area contributed by atoms with Gasteiger partial charge in [0.05, 0.1) is 0 Å². The molecule has 0 bridgehead atoms. The molecule has 2 aliphatic rings. The summed E-state index contributed by atoms with van der Waals surface area (Å²) in [7, 11) is 0. The van der Waals surface area contributed by atoms with Gasteiger partial charge in [0.1, 0.15) is 0 Å². The van der Waals surface area contributed by atoms with Crippen LogP contribution >= 0.6 is 0 Å². The third-order valence-corrected chi connectivity index (χ3v) is 5.26. The maximum atomic E-state index is 6.28. The average Bonchev–Trinajstić information content (AvgIpc) is 2.20. The molecule has 2 saturated carbocycles. The highest BCUT2D eigenvalue weighted by atomic mass is 14.7.